The molecule has 0 fully saturated rings. The minimum atomic E-state index is 0.840. The summed E-state index contributed by atoms with van der Waals surface area (Å²) in [7, 11) is 0. The number of aromatic amines is 1. The van der Waals surface area contributed by atoms with Crippen molar-refractivity contribution in [2.45, 2.75) is 40.0 Å². The highest BCUT2D eigenvalue weighted by Gasteiger charge is 2.05. The van der Waals surface area contributed by atoms with Gasteiger partial charge < -0.3 is 10.3 Å². The Kier molecular flexibility index (Phi) is 7.72. The van der Waals surface area contributed by atoms with Gasteiger partial charge in [0.05, 0.1) is 0 Å². The average Bonchev–Trinajstić information content (AvgIpc) is 3.14. The van der Waals surface area contributed by atoms with Crippen LogP contribution in [0.15, 0.2) is 91.2 Å². The summed E-state index contributed by atoms with van der Waals surface area (Å²) >= 11 is 0. The van der Waals surface area contributed by atoms with Crippen LogP contribution in [0.2, 0.25) is 0 Å². The molecule has 0 saturated carbocycles. The number of aryl methyl sites for hydroxylation is 1. The summed E-state index contributed by atoms with van der Waals surface area (Å²) in [5.74, 6) is 0. The Labute approximate surface area is 187 Å². The highest BCUT2D eigenvalue weighted by Crippen LogP contribution is 2.20. The molecule has 1 aromatic heterocycles. The normalized spacial score (nSPS) is 11.9. The van der Waals surface area contributed by atoms with E-state index in [4.69, 9.17) is 0 Å². The SMILES string of the molecule is C=C(/C=C(C)\C=C/CC)Cc1cccc(C(=C)NCCc2c[nH]c3ccc(C)cc23)c1. The van der Waals surface area contributed by atoms with Crippen molar-refractivity contribution in [3.63, 3.8) is 0 Å². The minimum Gasteiger partial charge on any atom is -0.385 e. The number of H-pyrrole nitrogens is 1. The zero-order valence-electron chi connectivity index (χ0n) is 19.1. The Morgan fingerprint density at radius 1 is 1.13 bits per heavy atom. The van der Waals surface area contributed by atoms with Crippen LogP contribution < -0.4 is 5.32 Å². The number of allylic oxidation sites excluding steroid dienone is 5. The highest BCUT2D eigenvalue weighted by molar-refractivity contribution is 5.83. The van der Waals surface area contributed by atoms with E-state index in [1.54, 1.807) is 0 Å². The predicted molar refractivity (Wildman–Crippen MR) is 136 cm³/mol. The zero-order valence-corrected chi connectivity index (χ0v) is 19.1. The molecule has 2 heteroatoms. The Balaban J connectivity index is 1.57. The Bertz CT molecular complexity index is 1120. The van der Waals surface area contributed by atoms with Gasteiger partial charge in [0.25, 0.3) is 0 Å². The predicted octanol–water partition coefficient (Wildman–Crippen LogP) is 7.29. The van der Waals surface area contributed by atoms with E-state index in [-0.39, 0.29) is 0 Å². The fraction of sp³-hybridized carbons (Fsp3) is 0.241. The fourth-order valence-electron chi connectivity index (χ4n) is 3.81. The van der Waals surface area contributed by atoms with E-state index >= 15 is 0 Å². The van der Waals surface area contributed by atoms with Gasteiger partial charge in [-0.2, -0.15) is 0 Å². The van der Waals surface area contributed by atoms with Crippen LogP contribution in [-0.4, -0.2) is 11.5 Å². The summed E-state index contributed by atoms with van der Waals surface area (Å²) in [5.41, 5.74) is 9.51. The molecule has 0 aliphatic carbocycles. The summed E-state index contributed by atoms with van der Waals surface area (Å²) in [6.45, 7) is 15.7. The van der Waals surface area contributed by atoms with Gasteiger partial charge in [-0.3, -0.25) is 0 Å². The van der Waals surface area contributed by atoms with E-state index in [9.17, 15) is 0 Å². The van der Waals surface area contributed by atoms with Crippen LogP contribution in [0.1, 0.15) is 42.5 Å². The zero-order chi connectivity index (χ0) is 22.2. The molecular formula is C29H34N2. The molecule has 0 unspecified atom stereocenters. The maximum Gasteiger partial charge on any atom is 0.0456 e. The molecule has 1 heterocycles. The molecule has 2 N–H and O–H groups in total. The first-order valence-corrected chi connectivity index (χ1v) is 11.1. The molecule has 160 valence electrons. The molecule has 3 aromatic rings. The van der Waals surface area contributed by atoms with Gasteiger partial charge in [-0.25, -0.2) is 0 Å². The lowest BCUT2D eigenvalue weighted by Crippen LogP contribution is -2.15. The van der Waals surface area contributed by atoms with Gasteiger partial charge in [0.1, 0.15) is 0 Å². The summed E-state index contributed by atoms with van der Waals surface area (Å²) in [6, 6.07) is 15.1. The van der Waals surface area contributed by atoms with Crippen molar-refractivity contribution < 1.29 is 0 Å². The van der Waals surface area contributed by atoms with E-state index in [0.717, 1.165) is 42.6 Å². The van der Waals surface area contributed by atoms with Crippen LogP contribution in [0.25, 0.3) is 16.6 Å². The third-order valence-electron chi connectivity index (χ3n) is 5.41. The lowest BCUT2D eigenvalue weighted by molar-refractivity contribution is 0.853. The van der Waals surface area contributed by atoms with Crippen LogP contribution in [0.3, 0.4) is 0 Å². The van der Waals surface area contributed by atoms with E-state index < -0.39 is 0 Å². The molecule has 0 aliphatic rings. The van der Waals surface area contributed by atoms with Gasteiger partial charge in [0.2, 0.25) is 0 Å². The molecule has 31 heavy (non-hydrogen) atoms. The van der Waals surface area contributed by atoms with Crippen molar-refractivity contribution in [2.75, 3.05) is 6.54 Å². The monoisotopic (exact) mass is 410 g/mol. The Hall–Kier alpha value is -3.26. The molecule has 0 spiro atoms. The topological polar surface area (TPSA) is 27.8 Å². The van der Waals surface area contributed by atoms with E-state index in [0.29, 0.717) is 0 Å². The van der Waals surface area contributed by atoms with Gasteiger partial charge in [-0.1, -0.05) is 79.3 Å². The van der Waals surface area contributed by atoms with Crippen LogP contribution in [-0.2, 0) is 12.8 Å². The number of fused-ring (bicyclic) bond motifs is 1. The maximum atomic E-state index is 4.26. The maximum absolute atomic E-state index is 4.26. The smallest absolute Gasteiger partial charge is 0.0456 e. The molecule has 0 radical (unpaired) electrons. The van der Waals surface area contributed by atoms with Crippen molar-refractivity contribution in [1.29, 1.82) is 0 Å². The van der Waals surface area contributed by atoms with Crippen LogP contribution in [0.4, 0.5) is 0 Å². The first-order valence-electron chi connectivity index (χ1n) is 11.1. The quantitative estimate of drug-likeness (QED) is 0.337. The second kappa shape index (κ2) is 10.7. The van der Waals surface area contributed by atoms with Crippen LogP contribution >= 0.6 is 0 Å². The fourth-order valence-corrected chi connectivity index (χ4v) is 3.81. The number of benzene rings is 2. The summed E-state index contributed by atoms with van der Waals surface area (Å²) in [6.07, 6.45) is 11.5. The standard InChI is InChI=1S/C29H34N2/c1-6-7-9-21(2)16-23(4)17-25-10-8-11-26(19-25)24(5)30-15-14-27-20-31-29-13-12-22(3)18-28(27)29/h7-13,16,18-20,30-31H,4-6,14-15,17H2,1-3H3/b9-7-,21-16-. The largest absolute Gasteiger partial charge is 0.385 e. The van der Waals surface area contributed by atoms with Crippen LogP contribution in [0.5, 0.6) is 0 Å². The van der Waals surface area contributed by atoms with Crippen molar-refractivity contribution >= 4 is 16.6 Å². The number of aromatic nitrogens is 1. The first kappa shape index (κ1) is 22.4. The summed E-state index contributed by atoms with van der Waals surface area (Å²) < 4.78 is 0. The lowest BCUT2D eigenvalue weighted by atomic mass is 10.0. The van der Waals surface area contributed by atoms with Crippen molar-refractivity contribution in [3.05, 3.63) is 113 Å². The minimum absolute atomic E-state index is 0.840. The molecule has 0 amide bonds. The van der Waals surface area contributed by atoms with Crippen molar-refractivity contribution in [2.24, 2.45) is 0 Å². The molecule has 2 aromatic carbocycles. The van der Waals surface area contributed by atoms with E-state index in [1.165, 1.54) is 33.2 Å². The first-order chi connectivity index (χ1) is 15.0. The second-order valence-electron chi connectivity index (χ2n) is 8.25. The number of hydrogen-bond donors (Lipinski definition) is 2. The number of rotatable bonds is 10. The average molecular weight is 411 g/mol. The van der Waals surface area contributed by atoms with Gasteiger partial charge in [-0.05, 0) is 68.0 Å². The highest BCUT2D eigenvalue weighted by atomic mass is 14.9. The van der Waals surface area contributed by atoms with Crippen molar-refractivity contribution in [3.8, 4) is 0 Å². The molecule has 0 bridgehead atoms. The summed E-state index contributed by atoms with van der Waals surface area (Å²) in [5, 5.41) is 4.81. The molecule has 0 atom stereocenters. The van der Waals surface area contributed by atoms with Gasteiger partial charge in [0.15, 0.2) is 0 Å². The third-order valence-corrected chi connectivity index (χ3v) is 5.41. The summed E-state index contributed by atoms with van der Waals surface area (Å²) in [4.78, 5) is 3.37. The second-order valence-corrected chi connectivity index (χ2v) is 8.25. The number of hydrogen-bond acceptors (Lipinski definition) is 1. The molecule has 0 aliphatic heterocycles. The third kappa shape index (κ3) is 6.36. The van der Waals surface area contributed by atoms with Gasteiger partial charge in [-0.15, -0.1) is 0 Å². The van der Waals surface area contributed by atoms with Crippen molar-refractivity contribution in [1.82, 2.24) is 10.3 Å². The van der Waals surface area contributed by atoms with Gasteiger partial charge >= 0.3 is 0 Å². The molecule has 0 saturated heterocycles. The Morgan fingerprint density at radius 2 is 1.97 bits per heavy atom. The van der Waals surface area contributed by atoms with E-state index in [2.05, 4.69) is 111 Å². The van der Waals surface area contributed by atoms with E-state index in [1.807, 2.05) is 0 Å². The molecule has 2 nitrogen and oxygen atoms in total. The molecular weight excluding hydrogens is 376 g/mol. The molecule has 3 rings (SSSR count). The number of nitrogens with one attached hydrogen (secondary N) is 2. The van der Waals surface area contributed by atoms with Crippen LogP contribution in [0, 0.1) is 6.92 Å². The lowest BCUT2D eigenvalue weighted by Gasteiger charge is -2.11. The van der Waals surface area contributed by atoms with Gasteiger partial charge in [0, 0.05) is 29.3 Å². The Morgan fingerprint density at radius 3 is 2.77 bits per heavy atom.